The van der Waals surface area contributed by atoms with E-state index in [2.05, 4.69) is 10.6 Å². The van der Waals surface area contributed by atoms with Crippen LogP contribution in [0.4, 0.5) is 0 Å². The number of aliphatic carboxylic acids is 1. The summed E-state index contributed by atoms with van der Waals surface area (Å²) in [5, 5.41) is 14.6. The molecule has 0 aromatic heterocycles. The summed E-state index contributed by atoms with van der Waals surface area (Å²) in [7, 11) is 0. The van der Waals surface area contributed by atoms with Gasteiger partial charge in [0.05, 0.1) is 11.5 Å². The van der Waals surface area contributed by atoms with Crippen LogP contribution in [0.5, 0.6) is 0 Å². The Labute approximate surface area is 89.2 Å². The summed E-state index contributed by atoms with van der Waals surface area (Å²) >= 11 is 0. The average molecular weight is 214 g/mol. The van der Waals surface area contributed by atoms with Gasteiger partial charge in [0.1, 0.15) is 0 Å². The van der Waals surface area contributed by atoms with Crippen molar-refractivity contribution in [1.82, 2.24) is 10.6 Å². The third kappa shape index (κ3) is 3.20. The quantitative estimate of drug-likeness (QED) is 0.614. The van der Waals surface area contributed by atoms with Gasteiger partial charge in [-0.3, -0.25) is 9.59 Å². The lowest BCUT2D eigenvalue weighted by atomic mass is 9.94. The summed E-state index contributed by atoms with van der Waals surface area (Å²) in [4.78, 5) is 22.3. The van der Waals surface area contributed by atoms with Gasteiger partial charge in [-0.2, -0.15) is 0 Å². The van der Waals surface area contributed by atoms with E-state index in [0.29, 0.717) is 0 Å². The van der Waals surface area contributed by atoms with Crippen LogP contribution in [0.2, 0.25) is 0 Å². The van der Waals surface area contributed by atoms with Crippen molar-refractivity contribution >= 4 is 11.9 Å². The van der Waals surface area contributed by atoms with E-state index < -0.39 is 11.4 Å². The molecule has 0 aliphatic carbocycles. The van der Waals surface area contributed by atoms with Crippen LogP contribution in [0, 0.1) is 5.41 Å². The molecule has 0 aromatic rings. The molecule has 1 aliphatic rings. The summed E-state index contributed by atoms with van der Waals surface area (Å²) < 4.78 is 0. The number of carboxylic acid groups (broad SMARTS) is 1. The minimum absolute atomic E-state index is 0.0955. The number of carboxylic acids is 1. The molecule has 5 nitrogen and oxygen atoms in total. The fourth-order valence-electron chi connectivity index (χ4n) is 1.42. The third-order valence-corrected chi connectivity index (χ3v) is 2.66. The second-order valence-electron chi connectivity index (χ2n) is 4.56. The Morgan fingerprint density at radius 2 is 2.20 bits per heavy atom. The SMILES string of the molecule is CC(C)(CNC(=O)[C@H]1CCCN1)C(=O)O. The molecule has 3 N–H and O–H groups in total. The Hall–Kier alpha value is -1.10. The van der Waals surface area contributed by atoms with Crippen LogP contribution in [0.15, 0.2) is 0 Å². The highest BCUT2D eigenvalue weighted by Crippen LogP contribution is 2.13. The van der Waals surface area contributed by atoms with E-state index >= 15 is 0 Å². The highest BCUT2D eigenvalue weighted by atomic mass is 16.4. The number of hydrogen-bond acceptors (Lipinski definition) is 3. The number of carbonyl (C=O) groups excluding carboxylic acids is 1. The molecule has 1 rings (SSSR count). The molecule has 0 radical (unpaired) electrons. The molecule has 0 spiro atoms. The molecular formula is C10H18N2O3. The molecule has 0 unspecified atom stereocenters. The molecular weight excluding hydrogens is 196 g/mol. The molecule has 0 saturated carbocycles. The van der Waals surface area contributed by atoms with Crippen molar-refractivity contribution in [3.63, 3.8) is 0 Å². The van der Waals surface area contributed by atoms with Gasteiger partial charge in [-0.1, -0.05) is 0 Å². The summed E-state index contributed by atoms with van der Waals surface area (Å²) in [6.45, 7) is 4.22. The lowest BCUT2D eigenvalue weighted by Gasteiger charge is -2.20. The number of carbonyl (C=O) groups is 2. The fourth-order valence-corrected chi connectivity index (χ4v) is 1.42. The van der Waals surface area contributed by atoms with Gasteiger partial charge in [0.2, 0.25) is 5.91 Å². The first-order valence-corrected chi connectivity index (χ1v) is 5.18. The normalized spacial score (nSPS) is 21.3. The lowest BCUT2D eigenvalue weighted by molar-refractivity contribution is -0.146. The summed E-state index contributed by atoms with van der Waals surface area (Å²) in [6.07, 6.45) is 1.83. The van der Waals surface area contributed by atoms with Crippen molar-refractivity contribution in [2.45, 2.75) is 32.7 Å². The molecule has 0 bridgehead atoms. The molecule has 5 heteroatoms. The second kappa shape index (κ2) is 4.61. The van der Waals surface area contributed by atoms with Crippen LogP contribution in [0.3, 0.4) is 0 Å². The van der Waals surface area contributed by atoms with Gasteiger partial charge in [0, 0.05) is 6.54 Å². The molecule has 1 heterocycles. The van der Waals surface area contributed by atoms with Gasteiger partial charge >= 0.3 is 5.97 Å². The lowest BCUT2D eigenvalue weighted by Crippen LogP contribution is -2.45. The largest absolute Gasteiger partial charge is 0.481 e. The number of rotatable bonds is 4. The zero-order valence-corrected chi connectivity index (χ0v) is 9.17. The van der Waals surface area contributed by atoms with Gasteiger partial charge in [-0.25, -0.2) is 0 Å². The molecule has 1 atom stereocenters. The first-order chi connectivity index (χ1) is 6.93. The molecule has 1 fully saturated rings. The van der Waals surface area contributed by atoms with Crippen LogP contribution in [-0.2, 0) is 9.59 Å². The Bertz CT molecular complexity index is 257. The average Bonchev–Trinajstić information content (AvgIpc) is 2.66. The molecule has 0 aromatic carbocycles. The minimum Gasteiger partial charge on any atom is -0.481 e. The van der Waals surface area contributed by atoms with Crippen LogP contribution in [0.1, 0.15) is 26.7 Å². The molecule has 1 aliphatic heterocycles. The van der Waals surface area contributed by atoms with Crippen LogP contribution in [-0.4, -0.2) is 36.1 Å². The smallest absolute Gasteiger partial charge is 0.310 e. The van der Waals surface area contributed by atoms with Gasteiger partial charge in [0.25, 0.3) is 0 Å². The summed E-state index contributed by atoms with van der Waals surface area (Å²) in [5.74, 6) is -0.996. The molecule has 1 saturated heterocycles. The van der Waals surface area contributed by atoms with Crippen LogP contribution < -0.4 is 10.6 Å². The van der Waals surface area contributed by atoms with E-state index in [4.69, 9.17) is 5.11 Å². The first-order valence-electron chi connectivity index (χ1n) is 5.18. The number of amides is 1. The van der Waals surface area contributed by atoms with Gasteiger partial charge in [0.15, 0.2) is 0 Å². The van der Waals surface area contributed by atoms with E-state index in [0.717, 1.165) is 19.4 Å². The van der Waals surface area contributed by atoms with Crippen molar-refractivity contribution in [1.29, 1.82) is 0 Å². The maximum absolute atomic E-state index is 11.5. The fraction of sp³-hybridized carbons (Fsp3) is 0.800. The van der Waals surface area contributed by atoms with Crippen molar-refractivity contribution in [2.24, 2.45) is 5.41 Å². The number of hydrogen-bond donors (Lipinski definition) is 3. The predicted molar refractivity (Wildman–Crippen MR) is 55.5 cm³/mol. The van der Waals surface area contributed by atoms with Gasteiger partial charge in [-0.05, 0) is 33.2 Å². The maximum Gasteiger partial charge on any atom is 0.310 e. The molecule has 15 heavy (non-hydrogen) atoms. The van der Waals surface area contributed by atoms with Crippen molar-refractivity contribution in [2.75, 3.05) is 13.1 Å². The van der Waals surface area contributed by atoms with E-state index in [1.807, 2.05) is 0 Å². The van der Waals surface area contributed by atoms with Crippen LogP contribution in [0.25, 0.3) is 0 Å². The summed E-state index contributed by atoms with van der Waals surface area (Å²) in [5.41, 5.74) is -0.908. The highest BCUT2D eigenvalue weighted by molar-refractivity contribution is 5.83. The number of nitrogens with one attached hydrogen (secondary N) is 2. The Kier molecular flexibility index (Phi) is 3.68. The van der Waals surface area contributed by atoms with E-state index in [-0.39, 0.29) is 18.5 Å². The first kappa shape index (κ1) is 12.0. The standard InChI is InChI=1S/C10H18N2O3/c1-10(2,9(14)15)6-12-8(13)7-4-3-5-11-7/h7,11H,3-6H2,1-2H3,(H,12,13)(H,14,15)/t7-/m1/s1. The molecule has 86 valence electrons. The van der Waals surface area contributed by atoms with E-state index in [1.54, 1.807) is 13.8 Å². The topological polar surface area (TPSA) is 78.4 Å². The second-order valence-corrected chi connectivity index (χ2v) is 4.56. The highest BCUT2D eigenvalue weighted by Gasteiger charge is 2.29. The van der Waals surface area contributed by atoms with E-state index in [1.165, 1.54) is 0 Å². The Morgan fingerprint density at radius 3 is 2.67 bits per heavy atom. The Balaban J connectivity index is 2.36. The minimum atomic E-state index is -0.908. The predicted octanol–water partition coefficient (Wildman–Crippen LogP) is -0.0346. The zero-order valence-electron chi connectivity index (χ0n) is 9.17. The zero-order chi connectivity index (χ0) is 11.5. The van der Waals surface area contributed by atoms with E-state index in [9.17, 15) is 9.59 Å². The summed E-state index contributed by atoms with van der Waals surface area (Å²) in [6, 6.07) is -0.144. The monoisotopic (exact) mass is 214 g/mol. The van der Waals surface area contributed by atoms with Crippen molar-refractivity contribution < 1.29 is 14.7 Å². The molecule has 1 amide bonds. The van der Waals surface area contributed by atoms with Gasteiger partial charge < -0.3 is 15.7 Å². The van der Waals surface area contributed by atoms with Crippen LogP contribution >= 0.6 is 0 Å². The third-order valence-electron chi connectivity index (χ3n) is 2.66. The Morgan fingerprint density at radius 1 is 1.53 bits per heavy atom. The van der Waals surface area contributed by atoms with Crippen molar-refractivity contribution in [3.05, 3.63) is 0 Å². The van der Waals surface area contributed by atoms with Gasteiger partial charge in [-0.15, -0.1) is 0 Å². The maximum atomic E-state index is 11.5. The van der Waals surface area contributed by atoms with Crippen molar-refractivity contribution in [3.8, 4) is 0 Å².